The van der Waals surface area contributed by atoms with Crippen LogP contribution in [0, 0.1) is 11.8 Å². The van der Waals surface area contributed by atoms with Crippen molar-refractivity contribution in [3.8, 4) is 5.75 Å². The van der Waals surface area contributed by atoms with Crippen LogP contribution in [0.4, 0.5) is 5.69 Å². The average molecular weight is 587 g/mol. The summed E-state index contributed by atoms with van der Waals surface area (Å²) in [7, 11) is -1.46. The number of fused-ring (bicyclic) bond motifs is 1. The Morgan fingerprint density at radius 3 is 2.70 bits per heavy atom. The van der Waals surface area contributed by atoms with Crippen LogP contribution < -0.4 is 14.4 Å². The summed E-state index contributed by atoms with van der Waals surface area (Å²) >= 11 is 6.37. The van der Waals surface area contributed by atoms with Gasteiger partial charge in [-0.3, -0.25) is 9.52 Å². The molecule has 2 aromatic rings. The lowest BCUT2D eigenvalue weighted by atomic mass is 9.70. The minimum Gasteiger partial charge on any atom is -0.491 e. The molecule has 8 heteroatoms. The molecule has 2 aliphatic rings. The third-order valence-corrected chi connectivity index (χ3v) is 9.55. The fourth-order valence-electron chi connectivity index (χ4n) is 5.70. The highest BCUT2D eigenvalue weighted by atomic mass is 35.5. The second-order valence-electron chi connectivity index (χ2n) is 11.3. The Kier molecular flexibility index (Phi) is 10.7. The number of anilines is 1. The molecule has 0 aromatic heterocycles. The van der Waals surface area contributed by atoms with E-state index < -0.39 is 17.1 Å². The molecule has 5 atom stereocenters. The Balaban J connectivity index is 1.66. The summed E-state index contributed by atoms with van der Waals surface area (Å²) in [6, 6.07) is 11.6. The van der Waals surface area contributed by atoms with Crippen molar-refractivity contribution >= 4 is 34.2 Å². The van der Waals surface area contributed by atoms with Crippen molar-refractivity contribution in [1.29, 1.82) is 0 Å². The zero-order valence-corrected chi connectivity index (χ0v) is 25.6. The first-order chi connectivity index (χ1) is 19.2. The molecule has 1 heterocycles. The first-order valence-corrected chi connectivity index (χ1v) is 16.2. The van der Waals surface area contributed by atoms with E-state index in [0.29, 0.717) is 18.1 Å². The van der Waals surface area contributed by atoms with E-state index in [1.807, 2.05) is 44.2 Å². The van der Waals surface area contributed by atoms with Gasteiger partial charge in [-0.2, -0.15) is 0 Å². The number of nitrogens with zero attached hydrogens (tertiary/aromatic N) is 1. The fraction of sp³-hybridized carbons (Fsp3) is 0.531. The van der Waals surface area contributed by atoms with Gasteiger partial charge in [0, 0.05) is 34.8 Å². The molecular weight excluding hydrogens is 544 g/mol. The number of aliphatic hydroxyl groups is 1. The molecule has 5 unspecified atom stereocenters. The van der Waals surface area contributed by atoms with Crippen LogP contribution in [0.1, 0.15) is 80.8 Å². The quantitative estimate of drug-likeness (QED) is 0.297. The second kappa shape index (κ2) is 14.0. The minimum absolute atomic E-state index is 0.111. The van der Waals surface area contributed by atoms with Gasteiger partial charge in [0.1, 0.15) is 16.7 Å². The molecule has 1 aliphatic carbocycles. The second-order valence-corrected chi connectivity index (χ2v) is 13.5. The first kappa shape index (κ1) is 30.6. The summed E-state index contributed by atoms with van der Waals surface area (Å²) in [5, 5.41) is 11.4. The van der Waals surface area contributed by atoms with Gasteiger partial charge in [-0.15, -0.1) is 0 Å². The predicted octanol–water partition coefficient (Wildman–Crippen LogP) is 6.43. The van der Waals surface area contributed by atoms with E-state index in [2.05, 4.69) is 35.6 Å². The number of carbonyl (C=O) groups excluding carboxylic acids is 1. The maximum atomic E-state index is 13.0. The van der Waals surface area contributed by atoms with Crippen LogP contribution in [0.15, 0.2) is 48.6 Å². The number of ether oxygens (including phenoxy) is 1. The van der Waals surface area contributed by atoms with E-state index in [1.54, 1.807) is 6.07 Å². The SMILES string of the molecule is CC/C=C/C(O)C1CCC1CN1CC(c2ccc(Cl)cc2CCC)COc2ccc(C(=O)NS(=O)C(C)C)cc21. The highest BCUT2D eigenvalue weighted by molar-refractivity contribution is 7.84. The van der Waals surface area contributed by atoms with E-state index in [1.165, 1.54) is 11.1 Å². The number of rotatable bonds is 11. The monoisotopic (exact) mass is 586 g/mol. The van der Waals surface area contributed by atoms with Crippen molar-refractivity contribution in [2.45, 2.75) is 77.1 Å². The molecule has 0 saturated heterocycles. The van der Waals surface area contributed by atoms with Gasteiger partial charge in [0.25, 0.3) is 5.91 Å². The molecule has 1 aliphatic heterocycles. The Bertz CT molecular complexity index is 1230. The predicted molar refractivity (Wildman–Crippen MR) is 165 cm³/mol. The molecule has 4 rings (SSSR count). The highest BCUT2D eigenvalue weighted by Crippen LogP contribution is 2.42. The molecule has 2 N–H and O–H groups in total. The number of hydrogen-bond donors (Lipinski definition) is 2. The number of halogens is 1. The summed E-state index contributed by atoms with van der Waals surface area (Å²) < 4.78 is 21.3. The normalized spacial score (nSPS) is 22.3. The van der Waals surface area contributed by atoms with Gasteiger partial charge in [-0.25, -0.2) is 4.21 Å². The maximum Gasteiger partial charge on any atom is 0.263 e. The lowest BCUT2D eigenvalue weighted by Gasteiger charge is -2.42. The zero-order valence-electron chi connectivity index (χ0n) is 24.1. The van der Waals surface area contributed by atoms with Crippen LogP contribution in [-0.4, -0.2) is 46.3 Å². The minimum atomic E-state index is -1.46. The Morgan fingerprint density at radius 2 is 2.02 bits per heavy atom. The van der Waals surface area contributed by atoms with Crippen molar-refractivity contribution in [3.63, 3.8) is 0 Å². The van der Waals surface area contributed by atoms with E-state index in [9.17, 15) is 14.1 Å². The zero-order chi connectivity index (χ0) is 28.8. The van der Waals surface area contributed by atoms with Crippen LogP contribution >= 0.6 is 11.6 Å². The molecule has 1 fully saturated rings. The van der Waals surface area contributed by atoms with Gasteiger partial charge in [0.05, 0.1) is 18.4 Å². The van der Waals surface area contributed by atoms with E-state index >= 15 is 0 Å². The van der Waals surface area contributed by atoms with E-state index in [4.69, 9.17) is 16.3 Å². The molecule has 40 heavy (non-hydrogen) atoms. The largest absolute Gasteiger partial charge is 0.491 e. The number of benzene rings is 2. The molecule has 2 aromatic carbocycles. The number of aliphatic hydroxyl groups excluding tert-OH is 1. The molecule has 218 valence electrons. The van der Waals surface area contributed by atoms with Crippen molar-refractivity contribution < 1.29 is 18.8 Å². The van der Waals surface area contributed by atoms with Gasteiger partial charge in [-0.05, 0) is 92.8 Å². The Morgan fingerprint density at radius 1 is 1.23 bits per heavy atom. The first-order valence-electron chi connectivity index (χ1n) is 14.6. The van der Waals surface area contributed by atoms with Crippen molar-refractivity contribution in [1.82, 2.24) is 4.72 Å². The summed E-state index contributed by atoms with van der Waals surface area (Å²) in [5.41, 5.74) is 3.80. The van der Waals surface area contributed by atoms with Crippen LogP contribution in [0.2, 0.25) is 5.02 Å². The van der Waals surface area contributed by atoms with E-state index in [-0.39, 0.29) is 23.0 Å². The van der Waals surface area contributed by atoms with Gasteiger partial charge < -0.3 is 14.7 Å². The van der Waals surface area contributed by atoms with E-state index in [0.717, 1.165) is 61.7 Å². The summed E-state index contributed by atoms with van der Waals surface area (Å²) in [6.07, 6.45) is 8.43. The van der Waals surface area contributed by atoms with Gasteiger partial charge in [0.15, 0.2) is 0 Å². The molecule has 1 amide bonds. The molecule has 1 saturated carbocycles. The lowest BCUT2D eigenvalue weighted by Crippen LogP contribution is -2.44. The number of allylic oxidation sites excluding steroid dienone is 1. The fourth-order valence-corrected chi connectivity index (χ4v) is 6.43. The van der Waals surface area contributed by atoms with Crippen LogP contribution in [0.25, 0.3) is 0 Å². The summed E-state index contributed by atoms with van der Waals surface area (Å²) in [5.74, 6) is 1.02. The average Bonchev–Trinajstić information content (AvgIpc) is 3.09. The van der Waals surface area contributed by atoms with Crippen molar-refractivity contribution in [3.05, 3.63) is 70.3 Å². The third kappa shape index (κ3) is 7.29. The van der Waals surface area contributed by atoms with Crippen LogP contribution in [0.3, 0.4) is 0 Å². The number of aryl methyl sites for hydroxylation is 1. The van der Waals surface area contributed by atoms with Gasteiger partial charge >= 0.3 is 0 Å². The number of carbonyl (C=O) groups is 1. The maximum absolute atomic E-state index is 13.0. The molecule has 6 nitrogen and oxygen atoms in total. The molecule has 0 radical (unpaired) electrons. The highest BCUT2D eigenvalue weighted by Gasteiger charge is 2.38. The van der Waals surface area contributed by atoms with Crippen LogP contribution in [-0.2, 0) is 17.4 Å². The third-order valence-electron chi connectivity index (χ3n) is 8.07. The van der Waals surface area contributed by atoms with Crippen molar-refractivity contribution in [2.24, 2.45) is 11.8 Å². The molecular formula is C32H43ClN2O4S. The Hall–Kier alpha value is -2.35. The lowest BCUT2D eigenvalue weighted by molar-refractivity contribution is 0.0461. The Labute approximate surface area is 246 Å². The van der Waals surface area contributed by atoms with Crippen molar-refractivity contribution in [2.75, 3.05) is 24.6 Å². The van der Waals surface area contributed by atoms with Gasteiger partial charge in [0.2, 0.25) is 0 Å². The summed E-state index contributed by atoms with van der Waals surface area (Å²) in [4.78, 5) is 15.3. The number of nitrogens with one attached hydrogen (secondary N) is 1. The van der Waals surface area contributed by atoms with Gasteiger partial charge in [-0.1, -0.05) is 50.1 Å². The number of amides is 1. The topological polar surface area (TPSA) is 78.9 Å². The molecule has 0 bridgehead atoms. The van der Waals surface area contributed by atoms with Crippen LogP contribution in [0.5, 0.6) is 5.75 Å². The number of hydrogen-bond acceptors (Lipinski definition) is 5. The smallest absolute Gasteiger partial charge is 0.263 e. The summed E-state index contributed by atoms with van der Waals surface area (Å²) in [6.45, 7) is 9.86. The molecule has 0 spiro atoms. The standard InChI is InChI=1S/C32H43ClN2O4S/c1-5-7-9-30(36)28-13-10-24(28)18-35-19-25(27-14-12-26(33)16-22(27)8-6-2)20-39-31-15-11-23(17-29(31)35)32(37)34-40(38)21(3)4/h7,9,11-12,14-17,21,24-25,28,30,36H,5-6,8,10,13,18-20H2,1-4H3,(H,34,37)/b9-7+.